The predicted octanol–water partition coefficient (Wildman–Crippen LogP) is 8.50. The molecule has 0 aromatic rings. The Morgan fingerprint density at radius 3 is 1.14 bits per heavy atom. The van der Waals surface area contributed by atoms with Crippen LogP contribution < -0.4 is 5.32 Å². The lowest BCUT2D eigenvalue weighted by atomic mass is 10.0. The Morgan fingerprint density at radius 2 is 0.857 bits per heavy atom. The van der Waals surface area contributed by atoms with E-state index in [1.165, 1.54) is 134 Å². The van der Waals surface area contributed by atoms with Crippen LogP contribution in [-0.4, -0.2) is 12.5 Å². The van der Waals surface area contributed by atoms with Crippen LogP contribution in [-0.2, 0) is 4.79 Å². The van der Waals surface area contributed by atoms with Gasteiger partial charge in [-0.3, -0.25) is 4.79 Å². The smallest absolute Gasteiger partial charge is 0.243 e. The molecular weight excluding hydrogens is 342 g/mol. The van der Waals surface area contributed by atoms with Crippen molar-refractivity contribution < 1.29 is 4.79 Å². The summed E-state index contributed by atoms with van der Waals surface area (Å²) in [4.78, 5) is 11.0. The molecule has 28 heavy (non-hydrogen) atoms. The second-order valence-electron chi connectivity index (χ2n) is 8.57. The summed E-state index contributed by atoms with van der Waals surface area (Å²) in [6.07, 6.45) is 30.8. The Kier molecular flexibility index (Phi) is 23.6. The zero-order valence-electron chi connectivity index (χ0n) is 19.2. The summed E-state index contributed by atoms with van der Waals surface area (Å²) in [7, 11) is 0. The van der Waals surface area contributed by atoms with Crippen LogP contribution in [0.15, 0.2) is 12.7 Å². The number of unbranched alkanes of at least 4 members (excludes halogenated alkanes) is 20. The highest BCUT2D eigenvalue weighted by molar-refractivity contribution is 5.86. The van der Waals surface area contributed by atoms with Crippen molar-refractivity contribution in [3.8, 4) is 0 Å². The fourth-order valence-corrected chi connectivity index (χ4v) is 3.84. The predicted molar refractivity (Wildman–Crippen MR) is 126 cm³/mol. The lowest BCUT2D eigenvalue weighted by Crippen LogP contribution is -2.21. The van der Waals surface area contributed by atoms with Crippen molar-refractivity contribution in [3.63, 3.8) is 0 Å². The van der Waals surface area contributed by atoms with E-state index in [-0.39, 0.29) is 5.91 Å². The van der Waals surface area contributed by atoms with E-state index >= 15 is 0 Å². The number of hydrogen-bond donors (Lipinski definition) is 1. The average molecular weight is 394 g/mol. The van der Waals surface area contributed by atoms with Crippen LogP contribution in [0.4, 0.5) is 0 Å². The summed E-state index contributed by atoms with van der Waals surface area (Å²) >= 11 is 0. The monoisotopic (exact) mass is 393 g/mol. The molecule has 0 spiro atoms. The third-order valence-electron chi connectivity index (χ3n) is 5.76. The largest absolute Gasteiger partial charge is 0.353 e. The summed E-state index contributed by atoms with van der Waals surface area (Å²) in [5, 5.41) is 2.84. The first-order chi connectivity index (χ1) is 13.8. The van der Waals surface area contributed by atoms with Crippen molar-refractivity contribution in [3.05, 3.63) is 12.7 Å². The van der Waals surface area contributed by atoms with Crippen molar-refractivity contribution >= 4 is 5.91 Å². The van der Waals surface area contributed by atoms with E-state index in [2.05, 4.69) is 18.8 Å². The van der Waals surface area contributed by atoms with Crippen LogP contribution >= 0.6 is 0 Å². The van der Waals surface area contributed by atoms with Crippen LogP contribution in [0.3, 0.4) is 0 Å². The van der Waals surface area contributed by atoms with E-state index in [0.29, 0.717) is 0 Å². The Morgan fingerprint density at radius 1 is 0.571 bits per heavy atom. The van der Waals surface area contributed by atoms with E-state index in [0.717, 1.165) is 13.0 Å². The fraction of sp³-hybridized carbons (Fsp3) is 0.885. The van der Waals surface area contributed by atoms with Gasteiger partial charge in [0.05, 0.1) is 0 Å². The number of rotatable bonds is 23. The molecule has 0 aromatic carbocycles. The molecule has 0 aromatic heterocycles. The Balaban J connectivity index is 3.01. The van der Waals surface area contributed by atoms with Crippen LogP contribution in [0.25, 0.3) is 0 Å². The highest BCUT2D eigenvalue weighted by atomic mass is 16.1. The summed E-state index contributed by atoms with van der Waals surface area (Å²) < 4.78 is 0. The van der Waals surface area contributed by atoms with Gasteiger partial charge in [-0.1, -0.05) is 142 Å². The second kappa shape index (κ2) is 24.2. The van der Waals surface area contributed by atoms with E-state index in [1.54, 1.807) is 0 Å². The maximum absolute atomic E-state index is 11.0. The van der Waals surface area contributed by atoms with Gasteiger partial charge in [0.25, 0.3) is 0 Å². The molecule has 2 nitrogen and oxygen atoms in total. The quantitative estimate of drug-likeness (QED) is 0.137. The minimum absolute atomic E-state index is 0.0480. The molecule has 2 heteroatoms. The summed E-state index contributed by atoms with van der Waals surface area (Å²) in [5.74, 6) is -0.0480. The highest BCUT2D eigenvalue weighted by Gasteiger charge is 1.96. The van der Waals surface area contributed by atoms with Gasteiger partial charge in [0, 0.05) is 6.54 Å². The molecule has 0 atom stereocenters. The normalized spacial score (nSPS) is 10.9. The van der Waals surface area contributed by atoms with Crippen LogP contribution in [0.5, 0.6) is 0 Å². The van der Waals surface area contributed by atoms with Gasteiger partial charge < -0.3 is 5.32 Å². The maximum atomic E-state index is 11.0. The summed E-state index contributed by atoms with van der Waals surface area (Å²) in [5.41, 5.74) is 0. The number of amides is 1. The lowest BCUT2D eigenvalue weighted by Gasteiger charge is -2.04. The molecule has 0 saturated carbocycles. The Labute approximate surface area is 177 Å². The third kappa shape index (κ3) is 23.2. The lowest BCUT2D eigenvalue weighted by molar-refractivity contribution is -0.116. The van der Waals surface area contributed by atoms with E-state index in [9.17, 15) is 4.79 Å². The SMILES string of the molecule is C=CC(=O)NCCCCCCCCCCCCCCCCCCCCCCC. The first kappa shape index (κ1) is 27.2. The Bertz CT molecular complexity index is 326. The molecule has 0 unspecified atom stereocenters. The Hall–Kier alpha value is -0.790. The first-order valence-electron chi connectivity index (χ1n) is 12.7. The van der Waals surface area contributed by atoms with Gasteiger partial charge in [-0.15, -0.1) is 0 Å². The molecule has 1 amide bonds. The van der Waals surface area contributed by atoms with Gasteiger partial charge in [0.2, 0.25) is 5.91 Å². The number of carbonyl (C=O) groups is 1. The van der Waals surface area contributed by atoms with Gasteiger partial charge in [-0.05, 0) is 12.5 Å². The van der Waals surface area contributed by atoms with Crippen LogP contribution in [0.1, 0.15) is 142 Å². The molecule has 0 rings (SSSR count). The molecule has 0 bridgehead atoms. The standard InChI is InChI=1S/C26H51NO/c1-3-5-6-7-8-9-10-11-12-13-14-15-16-17-18-19-20-21-22-23-24-25-27-26(28)4-2/h4H,2-3,5-25H2,1H3,(H,27,28). The molecular formula is C26H51NO. The minimum atomic E-state index is -0.0480. The molecule has 0 aliphatic rings. The molecule has 1 N–H and O–H groups in total. The van der Waals surface area contributed by atoms with Crippen LogP contribution in [0, 0.1) is 0 Å². The molecule has 0 heterocycles. The minimum Gasteiger partial charge on any atom is -0.353 e. The van der Waals surface area contributed by atoms with Gasteiger partial charge in [0.15, 0.2) is 0 Å². The molecule has 0 aliphatic heterocycles. The maximum Gasteiger partial charge on any atom is 0.243 e. The van der Waals surface area contributed by atoms with Crippen molar-refractivity contribution in [1.29, 1.82) is 0 Å². The van der Waals surface area contributed by atoms with E-state index in [4.69, 9.17) is 0 Å². The van der Waals surface area contributed by atoms with Gasteiger partial charge in [-0.25, -0.2) is 0 Å². The topological polar surface area (TPSA) is 29.1 Å². The zero-order chi connectivity index (χ0) is 20.5. The fourth-order valence-electron chi connectivity index (χ4n) is 3.84. The second-order valence-corrected chi connectivity index (χ2v) is 8.57. The highest BCUT2D eigenvalue weighted by Crippen LogP contribution is 2.14. The number of nitrogens with one attached hydrogen (secondary N) is 1. The molecule has 0 aliphatic carbocycles. The van der Waals surface area contributed by atoms with Gasteiger partial charge >= 0.3 is 0 Å². The number of hydrogen-bond acceptors (Lipinski definition) is 1. The van der Waals surface area contributed by atoms with E-state index < -0.39 is 0 Å². The summed E-state index contributed by atoms with van der Waals surface area (Å²) in [6, 6.07) is 0. The van der Waals surface area contributed by atoms with E-state index in [1.807, 2.05) is 0 Å². The zero-order valence-corrected chi connectivity index (χ0v) is 19.2. The first-order valence-corrected chi connectivity index (χ1v) is 12.7. The molecule has 166 valence electrons. The third-order valence-corrected chi connectivity index (χ3v) is 5.76. The average Bonchev–Trinajstić information content (AvgIpc) is 2.71. The molecule has 0 radical (unpaired) electrons. The summed E-state index contributed by atoms with van der Waals surface area (Å²) in [6.45, 7) is 6.54. The van der Waals surface area contributed by atoms with Gasteiger partial charge in [-0.2, -0.15) is 0 Å². The van der Waals surface area contributed by atoms with Crippen molar-refractivity contribution in [2.24, 2.45) is 0 Å². The molecule has 0 fully saturated rings. The molecule has 0 saturated heterocycles. The van der Waals surface area contributed by atoms with Gasteiger partial charge in [0.1, 0.15) is 0 Å². The van der Waals surface area contributed by atoms with Crippen molar-refractivity contribution in [2.75, 3.05) is 6.54 Å². The van der Waals surface area contributed by atoms with Crippen LogP contribution in [0.2, 0.25) is 0 Å². The van der Waals surface area contributed by atoms with Crippen molar-refractivity contribution in [2.45, 2.75) is 142 Å². The van der Waals surface area contributed by atoms with Crippen molar-refractivity contribution in [1.82, 2.24) is 5.32 Å². The number of carbonyl (C=O) groups excluding carboxylic acids is 1.